The van der Waals surface area contributed by atoms with Crippen LogP contribution in [0.4, 0.5) is 0 Å². The van der Waals surface area contributed by atoms with Crippen molar-refractivity contribution in [2.75, 3.05) is 26.2 Å². The van der Waals surface area contributed by atoms with E-state index in [1.54, 1.807) is 0 Å². The molecule has 21 heavy (non-hydrogen) atoms. The van der Waals surface area contributed by atoms with Gasteiger partial charge in [-0.25, -0.2) is 0 Å². The second-order valence-electron chi connectivity index (χ2n) is 5.53. The molecule has 3 aromatic rings. The third-order valence-corrected chi connectivity index (χ3v) is 5.15. The smallest absolute Gasteiger partial charge is 0.0697 e. The van der Waals surface area contributed by atoms with Gasteiger partial charge in [0.2, 0.25) is 0 Å². The Bertz CT molecular complexity index is 711. The minimum atomic E-state index is 0.381. The summed E-state index contributed by atoms with van der Waals surface area (Å²) in [4.78, 5) is 7.31. The standard InChI is InChI=1S/C17H19N3S/c1-2-16(21-11-1)17(20-9-7-18-8-10-20)14-3-4-15-13(12-14)5-6-19-15/h1-6,11-12,17-19H,7-10H2/t17-/m0/s1. The van der Waals surface area contributed by atoms with Crippen molar-refractivity contribution in [2.45, 2.75) is 6.04 Å². The van der Waals surface area contributed by atoms with Crippen molar-refractivity contribution in [2.24, 2.45) is 0 Å². The van der Waals surface area contributed by atoms with Gasteiger partial charge in [-0.3, -0.25) is 4.90 Å². The van der Waals surface area contributed by atoms with Crippen LogP contribution in [0.5, 0.6) is 0 Å². The summed E-state index contributed by atoms with van der Waals surface area (Å²) in [6.07, 6.45) is 2.01. The van der Waals surface area contributed by atoms with E-state index in [2.05, 4.69) is 57.0 Å². The van der Waals surface area contributed by atoms with Crippen molar-refractivity contribution in [1.82, 2.24) is 15.2 Å². The summed E-state index contributed by atoms with van der Waals surface area (Å²) in [7, 11) is 0. The summed E-state index contributed by atoms with van der Waals surface area (Å²) in [6, 6.07) is 13.8. The number of thiophene rings is 1. The van der Waals surface area contributed by atoms with E-state index in [0.717, 1.165) is 26.2 Å². The maximum atomic E-state index is 3.45. The van der Waals surface area contributed by atoms with Crippen molar-refractivity contribution >= 4 is 22.2 Å². The predicted octanol–water partition coefficient (Wildman–Crippen LogP) is 3.22. The molecule has 4 rings (SSSR count). The zero-order chi connectivity index (χ0) is 14.1. The number of nitrogens with one attached hydrogen (secondary N) is 2. The van der Waals surface area contributed by atoms with Gasteiger partial charge in [-0.15, -0.1) is 11.3 Å². The summed E-state index contributed by atoms with van der Waals surface area (Å²) >= 11 is 1.86. The molecule has 1 aliphatic heterocycles. The Kier molecular flexibility index (Phi) is 3.51. The van der Waals surface area contributed by atoms with Gasteiger partial charge in [-0.1, -0.05) is 12.1 Å². The summed E-state index contributed by atoms with van der Waals surface area (Å²) in [6.45, 7) is 4.37. The number of H-pyrrole nitrogens is 1. The number of benzene rings is 1. The van der Waals surface area contributed by atoms with Gasteiger partial charge in [-0.05, 0) is 40.6 Å². The van der Waals surface area contributed by atoms with Gasteiger partial charge >= 0.3 is 0 Å². The van der Waals surface area contributed by atoms with Gasteiger partial charge < -0.3 is 10.3 Å². The third kappa shape index (κ3) is 2.50. The van der Waals surface area contributed by atoms with E-state index in [1.807, 2.05) is 17.5 Å². The Morgan fingerprint density at radius 3 is 2.81 bits per heavy atom. The molecule has 0 unspecified atom stereocenters. The van der Waals surface area contributed by atoms with Crippen LogP contribution in [0.2, 0.25) is 0 Å². The van der Waals surface area contributed by atoms with Crippen molar-refractivity contribution in [3.05, 3.63) is 58.4 Å². The van der Waals surface area contributed by atoms with E-state index in [-0.39, 0.29) is 0 Å². The molecule has 0 saturated carbocycles. The highest BCUT2D eigenvalue weighted by atomic mass is 32.1. The van der Waals surface area contributed by atoms with Gasteiger partial charge in [0.1, 0.15) is 0 Å². The van der Waals surface area contributed by atoms with Gasteiger partial charge in [-0.2, -0.15) is 0 Å². The Morgan fingerprint density at radius 1 is 1.10 bits per heavy atom. The molecule has 0 aliphatic carbocycles. The SMILES string of the molecule is c1csc([C@H](c2ccc3[nH]ccc3c2)N2CCNCC2)c1. The molecular weight excluding hydrogens is 278 g/mol. The van der Waals surface area contributed by atoms with E-state index in [9.17, 15) is 0 Å². The highest BCUT2D eigenvalue weighted by Crippen LogP contribution is 2.33. The number of hydrogen-bond donors (Lipinski definition) is 2. The second-order valence-corrected chi connectivity index (χ2v) is 6.51. The molecule has 3 heterocycles. The zero-order valence-corrected chi connectivity index (χ0v) is 12.7. The molecule has 2 aromatic heterocycles. The Morgan fingerprint density at radius 2 is 2.00 bits per heavy atom. The van der Waals surface area contributed by atoms with Gasteiger partial charge in [0, 0.05) is 42.8 Å². The average molecular weight is 297 g/mol. The fraction of sp³-hybridized carbons (Fsp3) is 0.294. The number of hydrogen-bond acceptors (Lipinski definition) is 3. The van der Waals surface area contributed by atoms with Crippen LogP contribution in [-0.2, 0) is 0 Å². The molecule has 3 nitrogen and oxygen atoms in total. The highest BCUT2D eigenvalue weighted by Gasteiger charge is 2.24. The lowest BCUT2D eigenvalue weighted by molar-refractivity contribution is 0.201. The van der Waals surface area contributed by atoms with Crippen LogP contribution in [0.3, 0.4) is 0 Å². The van der Waals surface area contributed by atoms with Gasteiger partial charge in [0.05, 0.1) is 6.04 Å². The van der Waals surface area contributed by atoms with Crippen LogP contribution in [0.1, 0.15) is 16.5 Å². The van der Waals surface area contributed by atoms with Crippen LogP contribution in [0, 0.1) is 0 Å². The maximum Gasteiger partial charge on any atom is 0.0697 e. The Balaban J connectivity index is 1.77. The average Bonchev–Trinajstić information content (AvgIpc) is 3.19. The van der Waals surface area contributed by atoms with Gasteiger partial charge in [0.25, 0.3) is 0 Å². The molecule has 1 saturated heterocycles. The molecule has 0 bridgehead atoms. The molecule has 0 spiro atoms. The molecule has 4 heteroatoms. The van der Waals surface area contributed by atoms with Crippen molar-refractivity contribution < 1.29 is 0 Å². The molecule has 2 N–H and O–H groups in total. The fourth-order valence-corrected chi connectivity index (χ4v) is 4.07. The van der Waals surface area contributed by atoms with Crippen LogP contribution in [-0.4, -0.2) is 36.1 Å². The lowest BCUT2D eigenvalue weighted by atomic mass is 10.0. The van der Waals surface area contributed by atoms with Crippen LogP contribution in [0.15, 0.2) is 48.0 Å². The lowest BCUT2D eigenvalue weighted by Gasteiger charge is -2.34. The van der Waals surface area contributed by atoms with Gasteiger partial charge in [0.15, 0.2) is 0 Å². The minimum absolute atomic E-state index is 0.381. The predicted molar refractivity (Wildman–Crippen MR) is 88.9 cm³/mol. The fourth-order valence-electron chi connectivity index (χ4n) is 3.18. The van der Waals surface area contributed by atoms with E-state index < -0.39 is 0 Å². The van der Waals surface area contributed by atoms with Crippen LogP contribution >= 0.6 is 11.3 Å². The first-order chi connectivity index (χ1) is 10.4. The summed E-state index contributed by atoms with van der Waals surface area (Å²) in [5.74, 6) is 0. The summed E-state index contributed by atoms with van der Waals surface area (Å²) in [5.41, 5.74) is 2.61. The quantitative estimate of drug-likeness (QED) is 0.778. The minimum Gasteiger partial charge on any atom is -0.361 e. The van der Waals surface area contributed by atoms with Crippen LogP contribution in [0.25, 0.3) is 10.9 Å². The molecule has 108 valence electrons. The zero-order valence-electron chi connectivity index (χ0n) is 11.9. The van der Waals surface area contributed by atoms with Crippen molar-refractivity contribution in [3.63, 3.8) is 0 Å². The molecule has 0 radical (unpaired) electrons. The molecule has 0 amide bonds. The van der Waals surface area contributed by atoms with Crippen molar-refractivity contribution in [1.29, 1.82) is 0 Å². The molecular formula is C17H19N3S. The Labute approximate surface area is 128 Å². The summed E-state index contributed by atoms with van der Waals surface area (Å²) < 4.78 is 0. The van der Waals surface area contributed by atoms with E-state index in [1.165, 1.54) is 21.3 Å². The topological polar surface area (TPSA) is 31.1 Å². The number of aromatic amines is 1. The summed E-state index contributed by atoms with van der Waals surface area (Å²) in [5, 5.41) is 6.92. The number of rotatable bonds is 3. The molecule has 1 fully saturated rings. The van der Waals surface area contributed by atoms with E-state index in [0.29, 0.717) is 6.04 Å². The number of nitrogens with zero attached hydrogens (tertiary/aromatic N) is 1. The second kappa shape index (κ2) is 5.64. The third-order valence-electron chi connectivity index (χ3n) is 4.22. The van der Waals surface area contributed by atoms with E-state index in [4.69, 9.17) is 0 Å². The largest absolute Gasteiger partial charge is 0.361 e. The maximum absolute atomic E-state index is 3.45. The molecule has 1 atom stereocenters. The Hall–Kier alpha value is -1.62. The number of piperazine rings is 1. The van der Waals surface area contributed by atoms with Crippen LogP contribution < -0.4 is 5.32 Å². The number of fused-ring (bicyclic) bond motifs is 1. The highest BCUT2D eigenvalue weighted by molar-refractivity contribution is 7.10. The first-order valence-electron chi connectivity index (χ1n) is 7.47. The normalized spacial score (nSPS) is 18.1. The molecule has 1 aliphatic rings. The van der Waals surface area contributed by atoms with Crippen molar-refractivity contribution in [3.8, 4) is 0 Å². The monoisotopic (exact) mass is 297 g/mol. The number of aromatic nitrogens is 1. The van der Waals surface area contributed by atoms with E-state index >= 15 is 0 Å². The molecule has 1 aromatic carbocycles. The lowest BCUT2D eigenvalue weighted by Crippen LogP contribution is -2.45. The first kappa shape index (κ1) is 13.1. The first-order valence-corrected chi connectivity index (χ1v) is 8.35.